The van der Waals surface area contributed by atoms with E-state index < -0.39 is 8.32 Å². The fourth-order valence-corrected chi connectivity index (χ4v) is 5.83. The molecule has 1 nitrogen and oxygen atoms in total. The Labute approximate surface area is 168 Å². The maximum Gasteiger partial charge on any atom is 0.192 e. The van der Waals surface area contributed by atoms with Crippen LogP contribution in [0.5, 0.6) is 0 Å². The Hall–Kier alpha value is -1.12. The van der Waals surface area contributed by atoms with Crippen LogP contribution in [0, 0.1) is 10.8 Å². The highest BCUT2D eigenvalue weighted by atomic mass is 28.4. The van der Waals surface area contributed by atoms with Crippen molar-refractivity contribution in [3.8, 4) is 0 Å². The van der Waals surface area contributed by atoms with Gasteiger partial charge in [-0.05, 0) is 59.4 Å². The van der Waals surface area contributed by atoms with Crippen LogP contribution < -0.4 is 0 Å². The minimum Gasteiger partial charge on any atom is -0.413 e. The molecule has 27 heavy (non-hydrogen) atoms. The van der Waals surface area contributed by atoms with Crippen LogP contribution >= 0.6 is 0 Å². The quantitative estimate of drug-likeness (QED) is 0.489. The van der Waals surface area contributed by atoms with Crippen LogP contribution in [-0.4, -0.2) is 14.4 Å². The van der Waals surface area contributed by atoms with E-state index in [2.05, 4.69) is 97.1 Å². The summed E-state index contributed by atoms with van der Waals surface area (Å²) < 4.78 is 6.98. The molecule has 0 unspecified atom stereocenters. The smallest absolute Gasteiger partial charge is 0.192 e. The molecule has 2 heteroatoms. The lowest BCUT2D eigenvalue weighted by atomic mass is 9.62. The molecule has 0 heterocycles. The third-order valence-electron chi connectivity index (χ3n) is 7.28. The van der Waals surface area contributed by atoms with E-state index in [1.807, 2.05) is 0 Å². The molecule has 3 rings (SSSR count). The molecule has 0 aliphatic heterocycles. The molecule has 2 aliphatic carbocycles. The summed E-state index contributed by atoms with van der Waals surface area (Å²) in [5.74, 6) is 0. The Kier molecular flexibility index (Phi) is 5.14. The van der Waals surface area contributed by atoms with Crippen molar-refractivity contribution in [3.05, 3.63) is 53.1 Å². The number of benzene rings is 1. The molecule has 1 aromatic carbocycles. The molecule has 0 bridgehead atoms. The van der Waals surface area contributed by atoms with Gasteiger partial charge in [-0.3, -0.25) is 0 Å². The number of fused-ring (bicyclic) bond motifs is 1. The lowest BCUT2D eigenvalue weighted by Crippen LogP contribution is -2.51. The fraction of sp³-hybridized carbons (Fsp3) is 0.600. The molecule has 0 spiro atoms. The van der Waals surface area contributed by atoms with Crippen molar-refractivity contribution in [3.63, 3.8) is 0 Å². The first-order valence-corrected chi connectivity index (χ1v) is 13.4. The van der Waals surface area contributed by atoms with Crippen molar-refractivity contribution in [1.82, 2.24) is 0 Å². The van der Waals surface area contributed by atoms with Gasteiger partial charge in [0.15, 0.2) is 8.32 Å². The second kappa shape index (κ2) is 6.74. The first-order chi connectivity index (χ1) is 12.3. The zero-order valence-electron chi connectivity index (χ0n) is 18.6. The molecule has 0 amide bonds. The van der Waals surface area contributed by atoms with Crippen molar-refractivity contribution >= 4 is 14.4 Å². The van der Waals surface area contributed by atoms with Crippen LogP contribution in [0.3, 0.4) is 0 Å². The third kappa shape index (κ3) is 4.17. The predicted octanol–water partition coefficient (Wildman–Crippen LogP) is 7.62. The van der Waals surface area contributed by atoms with Gasteiger partial charge in [0.05, 0.1) is 6.10 Å². The van der Waals surface area contributed by atoms with Crippen molar-refractivity contribution in [2.45, 2.75) is 85.0 Å². The number of hydrogen-bond acceptors (Lipinski definition) is 1. The number of allylic oxidation sites excluding steroid dienone is 3. The zero-order chi connectivity index (χ0) is 20.1. The largest absolute Gasteiger partial charge is 0.413 e. The van der Waals surface area contributed by atoms with E-state index in [0.29, 0.717) is 6.10 Å². The predicted molar refractivity (Wildman–Crippen MR) is 120 cm³/mol. The van der Waals surface area contributed by atoms with Crippen molar-refractivity contribution < 1.29 is 4.43 Å². The molecule has 0 N–H and O–H groups in total. The van der Waals surface area contributed by atoms with Gasteiger partial charge in [-0.1, -0.05) is 89.6 Å². The normalized spacial score (nSPS) is 29.6. The minimum absolute atomic E-state index is 0.197. The number of hydrogen-bond donors (Lipinski definition) is 0. The summed E-state index contributed by atoms with van der Waals surface area (Å²) in [5, 5.41) is 0.258. The van der Waals surface area contributed by atoms with Gasteiger partial charge in [0, 0.05) is 0 Å². The summed E-state index contributed by atoms with van der Waals surface area (Å²) in [6.07, 6.45) is 8.63. The highest BCUT2D eigenvalue weighted by Crippen LogP contribution is 2.57. The first kappa shape index (κ1) is 20.6. The molecule has 1 fully saturated rings. The molecule has 2 aliphatic rings. The van der Waals surface area contributed by atoms with Gasteiger partial charge < -0.3 is 4.43 Å². The highest BCUT2D eigenvalue weighted by Gasteiger charge is 2.51. The van der Waals surface area contributed by atoms with Crippen LogP contribution in [0.25, 0.3) is 6.08 Å². The Balaban J connectivity index is 1.85. The van der Waals surface area contributed by atoms with E-state index in [4.69, 9.17) is 4.43 Å². The van der Waals surface area contributed by atoms with Crippen molar-refractivity contribution in [2.24, 2.45) is 10.8 Å². The van der Waals surface area contributed by atoms with Gasteiger partial charge in [0.25, 0.3) is 0 Å². The highest BCUT2D eigenvalue weighted by molar-refractivity contribution is 6.74. The van der Waals surface area contributed by atoms with Crippen LogP contribution in [0.2, 0.25) is 18.1 Å². The van der Waals surface area contributed by atoms with Crippen molar-refractivity contribution in [2.75, 3.05) is 0 Å². The van der Waals surface area contributed by atoms with E-state index in [9.17, 15) is 0 Å². The average Bonchev–Trinajstić information content (AvgIpc) is 2.81. The molecule has 2 atom stereocenters. The standard InChI is InChI=1S/C25H38OSi/c1-23(2,3)27(7,8)26-22-18-25(6)16-20(14-19-12-10-9-11-13-19)15-21(25)17-24(22,4)5/h9-15,22H,16-18H2,1-8H3/b20-14+/t22-,25-/m1/s1. The lowest BCUT2D eigenvalue weighted by Gasteiger charge is -2.51. The van der Waals surface area contributed by atoms with Gasteiger partial charge in [0.1, 0.15) is 0 Å². The fourth-order valence-electron chi connectivity index (χ4n) is 4.36. The second-order valence-corrected chi connectivity index (χ2v) is 16.0. The average molecular weight is 383 g/mol. The summed E-state index contributed by atoms with van der Waals surface area (Å²) in [5.41, 5.74) is 4.86. The van der Waals surface area contributed by atoms with Crippen LogP contribution in [0.4, 0.5) is 0 Å². The molecule has 0 saturated heterocycles. The molecule has 148 valence electrons. The SMILES string of the molecule is CC1(C)CC2=C/C(=C\c3ccccc3)C[C@]2(C)C[C@H]1O[Si](C)(C)C(C)(C)C. The van der Waals surface area contributed by atoms with Gasteiger partial charge >= 0.3 is 0 Å². The van der Waals surface area contributed by atoms with E-state index in [0.717, 1.165) is 19.3 Å². The van der Waals surface area contributed by atoms with Gasteiger partial charge in [-0.2, -0.15) is 0 Å². The van der Waals surface area contributed by atoms with Gasteiger partial charge in [-0.25, -0.2) is 0 Å². The lowest BCUT2D eigenvalue weighted by molar-refractivity contribution is 0.00225. The molecule has 1 aromatic rings. The summed E-state index contributed by atoms with van der Waals surface area (Å²) in [6.45, 7) is 19.1. The van der Waals surface area contributed by atoms with Crippen LogP contribution in [0.15, 0.2) is 47.6 Å². The third-order valence-corrected chi connectivity index (χ3v) is 11.8. The summed E-state index contributed by atoms with van der Waals surface area (Å²) in [7, 11) is -1.77. The molecule has 0 radical (unpaired) electrons. The summed E-state index contributed by atoms with van der Waals surface area (Å²) in [6, 6.07) is 10.7. The Bertz CT molecular complexity index is 748. The van der Waals surface area contributed by atoms with Crippen LogP contribution in [-0.2, 0) is 4.43 Å². The first-order valence-electron chi connectivity index (χ1n) is 10.5. The zero-order valence-corrected chi connectivity index (χ0v) is 19.6. The molecular weight excluding hydrogens is 344 g/mol. The Morgan fingerprint density at radius 3 is 2.26 bits per heavy atom. The summed E-state index contributed by atoms with van der Waals surface area (Å²) >= 11 is 0. The molecule has 0 aromatic heterocycles. The maximum absolute atomic E-state index is 6.98. The topological polar surface area (TPSA) is 9.23 Å². The maximum atomic E-state index is 6.98. The van der Waals surface area contributed by atoms with E-state index in [-0.39, 0.29) is 15.9 Å². The van der Waals surface area contributed by atoms with Crippen LogP contribution in [0.1, 0.15) is 66.4 Å². The molecule has 1 saturated carbocycles. The van der Waals surface area contributed by atoms with Gasteiger partial charge in [0.2, 0.25) is 0 Å². The Morgan fingerprint density at radius 2 is 1.67 bits per heavy atom. The monoisotopic (exact) mass is 382 g/mol. The van der Waals surface area contributed by atoms with E-state index in [1.54, 1.807) is 5.57 Å². The summed E-state index contributed by atoms with van der Waals surface area (Å²) in [4.78, 5) is 0. The van der Waals surface area contributed by atoms with E-state index >= 15 is 0 Å². The minimum atomic E-state index is -1.77. The molecular formula is C25H38OSi. The Morgan fingerprint density at radius 1 is 1.04 bits per heavy atom. The van der Waals surface area contributed by atoms with E-state index in [1.165, 1.54) is 11.1 Å². The second-order valence-electron chi connectivity index (χ2n) is 11.3. The number of rotatable bonds is 3. The van der Waals surface area contributed by atoms with Crippen molar-refractivity contribution in [1.29, 1.82) is 0 Å². The van der Waals surface area contributed by atoms with Gasteiger partial charge in [-0.15, -0.1) is 0 Å².